The topological polar surface area (TPSA) is 140 Å². The molecule has 0 fully saturated rings. The van der Waals surface area contributed by atoms with Crippen molar-refractivity contribution in [1.29, 1.82) is 0 Å². The van der Waals surface area contributed by atoms with Crippen molar-refractivity contribution < 1.29 is 40.0 Å². The van der Waals surface area contributed by atoms with E-state index in [2.05, 4.69) is 0 Å². The van der Waals surface area contributed by atoms with Crippen molar-refractivity contribution in [3.8, 4) is 11.5 Å². The van der Waals surface area contributed by atoms with Crippen LogP contribution in [0.25, 0.3) is 16.3 Å². The molecule has 0 aliphatic carbocycles. The van der Waals surface area contributed by atoms with E-state index in [1.807, 2.05) is 64.9 Å². The van der Waals surface area contributed by atoms with Gasteiger partial charge in [-0.1, -0.05) is 30.0 Å². The maximum atomic E-state index is 11.3. The van der Waals surface area contributed by atoms with Crippen LogP contribution in [-0.2, 0) is 26.8 Å². The third-order valence-electron chi connectivity index (χ3n) is 6.45. The summed E-state index contributed by atoms with van der Waals surface area (Å²) in [6.07, 6.45) is 5.11. The van der Waals surface area contributed by atoms with E-state index in [0.717, 1.165) is 36.4 Å². The molecule has 222 valence electrons. The number of aryl methyl sites for hydroxylation is 1. The summed E-state index contributed by atoms with van der Waals surface area (Å²) in [4.78, 5) is 2.99. The van der Waals surface area contributed by atoms with E-state index in [1.54, 1.807) is 37.3 Å². The van der Waals surface area contributed by atoms with Crippen LogP contribution in [0.3, 0.4) is 0 Å². The maximum absolute atomic E-state index is 11.3. The minimum Gasteiger partial charge on any atom is -0.748 e. The average Bonchev–Trinajstić information content (AvgIpc) is 3.43. The van der Waals surface area contributed by atoms with Crippen LogP contribution >= 0.6 is 23.1 Å². The number of thioether (sulfide) groups is 1. The quantitative estimate of drug-likeness (QED) is 0.196. The second kappa shape index (κ2) is 13.1. The third kappa shape index (κ3) is 8.23. The molecule has 0 saturated heterocycles. The molecule has 0 spiro atoms. The van der Waals surface area contributed by atoms with Crippen molar-refractivity contribution in [3.63, 3.8) is 0 Å². The molecule has 4 rings (SSSR count). The van der Waals surface area contributed by atoms with E-state index in [1.165, 1.54) is 0 Å². The summed E-state index contributed by atoms with van der Waals surface area (Å²) >= 11 is 3.10. The zero-order valence-electron chi connectivity index (χ0n) is 22.9. The standard InChI is InChI=1S/C27H32N2O8S4/c1-4-19(15-26-28(11-5-13-40(30,31)32)22-17-20(36-2)7-9-24(22)38-26)16-27-29(12-6-14-41(33,34)35)23-18-21(37-3)8-10-25(23)39-27/h7-10,15-18H,4-6,11-14H2,1-3H3,(H-,30,31,32,33,34,35)/p-1. The Balaban J connectivity index is 1.73. The lowest BCUT2D eigenvalue weighted by atomic mass is 10.2. The first-order chi connectivity index (χ1) is 19.4. The molecule has 0 amide bonds. The Hall–Kier alpha value is -2.62. The van der Waals surface area contributed by atoms with Crippen LogP contribution in [0.15, 0.2) is 58.0 Å². The van der Waals surface area contributed by atoms with E-state index in [4.69, 9.17) is 9.47 Å². The molecule has 0 radical (unpaired) electrons. The predicted molar refractivity (Wildman–Crippen MR) is 159 cm³/mol. The zero-order chi connectivity index (χ0) is 29.8. The molecule has 1 aliphatic rings. The van der Waals surface area contributed by atoms with Crippen LogP contribution in [0.5, 0.6) is 11.5 Å². The van der Waals surface area contributed by atoms with Crippen molar-refractivity contribution in [2.45, 2.75) is 37.6 Å². The monoisotopic (exact) mass is 639 g/mol. The van der Waals surface area contributed by atoms with Gasteiger partial charge in [-0.15, -0.1) is 0 Å². The van der Waals surface area contributed by atoms with E-state index in [-0.39, 0.29) is 12.8 Å². The molecule has 10 nitrogen and oxygen atoms in total. The van der Waals surface area contributed by atoms with Crippen molar-refractivity contribution in [2.75, 3.05) is 37.2 Å². The average molecular weight is 640 g/mol. The molecule has 1 aliphatic heterocycles. The molecule has 2 heterocycles. The number of fused-ring (bicyclic) bond motifs is 2. The van der Waals surface area contributed by atoms with Gasteiger partial charge in [0.25, 0.3) is 5.01 Å². The van der Waals surface area contributed by atoms with E-state index in [0.29, 0.717) is 31.0 Å². The van der Waals surface area contributed by atoms with Crippen LogP contribution in [0, 0.1) is 0 Å². The number of allylic oxidation sites excluding steroid dienone is 2. The first kappa shape index (κ1) is 31.3. The zero-order valence-corrected chi connectivity index (χ0v) is 26.1. The van der Waals surface area contributed by atoms with Gasteiger partial charge in [-0.05, 0) is 48.8 Å². The molecule has 0 saturated carbocycles. The molecule has 0 unspecified atom stereocenters. The van der Waals surface area contributed by atoms with Crippen LogP contribution in [0.1, 0.15) is 31.2 Å². The van der Waals surface area contributed by atoms with Crippen LogP contribution in [0.2, 0.25) is 0 Å². The first-order valence-electron chi connectivity index (χ1n) is 12.8. The lowest BCUT2D eigenvalue weighted by Gasteiger charge is -2.21. The van der Waals surface area contributed by atoms with Gasteiger partial charge >= 0.3 is 0 Å². The summed E-state index contributed by atoms with van der Waals surface area (Å²) in [5.41, 5.74) is 2.74. The first-order valence-corrected chi connectivity index (χ1v) is 17.6. The van der Waals surface area contributed by atoms with Crippen LogP contribution in [-0.4, -0.2) is 58.2 Å². The molecule has 0 N–H and O–H groups in total. The Morgan fingerprint density at radius 2 is 1.63 bits per heavy atom. The van der Waals surface area contributed by atoms with Crippen molar-refractivity contribution >= 4 is 65.3 Å². The largest absolute Gasteiger partial charge is 0.748 e. The van der Waals surface area contributed by atoms with Crippen molar-refractivity contribution in [2.24, 2.45) is 0 Å². The van der Waals surface area contributed by atoms with Gasteiger partial charge in [-0.2, -0.15) is 4.57 Å². The Morgan fingerprint density at radius 1 is 0.976 bits per heavy atom. The summed E-state index contributed by atoms with van der Waals surface area (Å²) < 4.78 is 81.3. The lowest BCUT2D eigenvalue weighted by molar-refractivity contribution is -0.668. The Bertz CT molecular complexity index is 1700. The van der Waals surface area contributed by atoms with Gasteiger partial charge in [0.2, 0.25) is 5.52 Å². The normalized spacial score (nSPS) is 15.1. The Morgan fingerprint density at radius 3 is 2.29 bits per heavy atom. The van der Waals surface area contributed by atoms with Crippen LogP contribution < -0.4 is 18.9 Å². The smallest absolute Gasteiger partial charge is 0.263 e. The van der Waals surface area contributed by atoms with Gasteiger partial charge in [0.15, 0.2) is 6.54 Å². The highest BCUT2D eigenvalue weighted by Crippen LogP contribution is 2.48. The van der Waals surface area contributed by atoms with E-state index >= 15 is 0 Å². The van der Waals surface area contributed by atoms with Gasteiger partial charge in [0.05, 0.1) is 51.2 Å². The number of hydrogen-bond acceptors (Lipinski definition) is 11. The van der Waals surface area contributed by atoms with E-state index < -0.39 is 31.7 Å². The highest BCUT2D eigenvalue weighted by Gasteiger charge is 2.26. The Kier molecular flexibility index (Phi) is 10.0. The van der Waals surface area contributed by atoms with Gasteiger partial charge in [-0.25, -0.2) is 16.8 Å². The fourth-order valence-corrected chi connectivity index (χ4v) is 7.71. The number of anilines is 1. The van der Waals surface area contributed by atoms with Gasteiger partial charge in [-0.3, -0.25) is 0 Å². The number of aromatic nitrogens is 1. The molecular weight excluding hydrogens is 609 g/mol. The van der Waals surface area contributed by atoms with Gasteiger partial charge in [0.1, 0.15) is 16.2 Å². The molecule has 0 atom stereocenters. The number of hydrogen-bond donors (Lipinski definition) is 0. The van der Waals surface area contributed by atoms with Crippen molar-refractivity contribution in [3.05, 3.63) is 58.1 Å². The number of methoxy groups -OCH3 is 2. The van der Waals surface area contributed by atoms with Gasteiger partial charge < -0.3 is 23.5 Å². The molecule has 3 aromatic rings. The highest BCUT2D eigenvalue weighted by molar-refractivity contribution is 8.03. The number of ether oxygens (including phenoxy) is 2. The minimum atomic E-state index is -4.34. The summed E-state index contributed by atoms with van der Waals surface area (Å²) in [7, 11) is -5.52. The predicted octanol–water partition coefficient (Wildman–Crippen LogP) is 4.32. The third-order valence-corrected chi connectivity index (χ3v) is 10.3. The van der Waals surface area contributed by atoms with Gasteiger partial charge in [0, 0.05) is 41.5 Å². The summed E-state index contributed by atoms with van der Waals surface area (Å²) in [5, 5.41) is 1.77. The second-order valence-electron chi connectivity index (χ2n) is 9.30. The lowest BCUT2D eigenvalue weighted by Crippen LogP contribution is -2.36. The molecule has 14 heteroatoms. The summed E-state index contributed by atoms with van der Waals surface area (Å²) in [6, 6.07) is 11.4. The second-order valence-corrected chi connectivity index (χ2v) is 14.5. The fraction of sp³-hybridized carbons (Fsp3) is 0.370. The number of nitrogens with zero attached hydrogens (tertiary/aromatic N) is 2. The van der Waals surface area contributed by atoms with Crippen LogP contribution in [0.4, 0.5) is 5.69 Å². The SMILES string of the molecule is CCC(=Cc1sc2ccc(OC)cc2[n+]1CCCS(=O)(=O)[O-])C=C1Sc2ccc(OC)cc2N1CCCS(=O)(=O)[O-]. The maximum Gasteiger partial charge on any atom is 0.263 e. The summed E-state index contributed by atoms with van der Waals surface area (Å²) in [6.45, 7) is 2.70. The Labute approximate surface area is 248 Å². The number of rotatable bonds is 13. The molecule has 41 heavy (non-hydrogen) atoms. The number of thiazole rings is 1. The minimum absolute atomic E-state index is 0.173. The molecule has 0 bridgehead atoms. The molecule has 2 aromatic carbocycles. The summed E-state index contributed by atoms with van der Waals surface area (Å²) in [5.74, 6) is 0.420. The fourth-order valence-electron chi connectivity index (χ4n) is 4.45. The molecular formula is C27H31N2O8S4-. The van der Waals surface area contributed by atoms with Crippen molar-refractivity contribution in [1.82, 2.24) is 0 Å². The van der Waals surface area contributed by atoms with E-state index in [9.17, 15) is 25.9 Å². The highest BCUT2D eigenvalue weighted by atomic mass is 32.2. The number of benzene rings is 2. The molecule has 1 aromatic heterocycles.